The number of hydrogen-bond donors (Lipinski definition) is 2. The molecule has 0 amide bonds. The van der Waals surface area contributed by atoms with Crippen LogP contribution in [0.15, 0.2) is 18.2 Å². The van der Waals surface area contributed by atoms with Crippen molar-refractivity contribution < 1.29 is 29.2 Å². The van der Waals surface area contributed by atoms with Crippen molar-refractivity contribution in [3.05, 3.63) is 29.6 Å². The Bertz CT molecular complexity index is 346. The number of aromatic nitrogens is 1. The number of aliphatic hydroxyl groups excluding tert-OH is 2. The summed E-state index contributed by atoms with van der Waals surface area (Å²) in [6.07, 6.45) is 0. The van der Waals surface area contributed by atoms with Crippen LogP contribution in [-0.2, 0) is 32.2 Å². The summed E-state index contributed by atoms with van der Waals surface area (Å²) < 4.78 is 21.1. The molecule has 0 saturated carbocycles. The van der Waals surface area contributed by atoms with Gasteiger partial charge in [-0.3, -0.25) is 4.98 Å². The molecule has 7 nitrogen and oxygen atoms in total. The van der Waals surface area contributed by atoms with Gasteiger partial charge in [0.05, 0.1) is 77.5 Å². The third-order valence-electron chi connectivity index (χ3n) is 2.58. The van der Waals surface area contributed by atoms with E-state index in [-0.39, 0.29) is 13.2 Å². The van der Waals surface area contributed by atoms with Gasteiger partial charge in [-0.1, -0.05) is 6.07 Å². The zero-order valence-electron chi connectivity index (χ0n) is 12.8. The summed E-state index contributed by atoms with van der Waals surface area (Å²) in [6.45, 7) is 3.37. The summed E-state index contributed by atoms with van der Waals surface area (Å²) in [5, 5.41) is 17.1. The van der Waals surface area contributed by atoms with Gasteiger partial charge in [-0.2, -0.15) is 0 Å². The predicted molar refractivity (Wildman–Crippen MR) is 79.4 cm³/mol. The molecule has 126 valence electrons. The summed E-state index contributed by atoms with van der Waals surface area (Å²) in [5.41, 5.74) is 1.67. The molecule has 0 bridgehead atoms. The van der Waals surface area contributed by atoms with Crippen molar-refractivity contribution in [3.8, 4) is 0 Å². The topological polar surface area (TPSA) is 90.3 Å². The van der Waals surface area contributed by atoms with E-state index in [0.717, 1.165) is 11.4 Å². The standard InChI is InChI=1S/C15H25NO6/c17-4-6-19-8-10-21-12-14-2-1-3-15(16-14)13-22-11-9-20-7-5-18/h1-3,17-18H,4-13H2. The van der Waals surface area contributed by atoms with Crippen LogP contribution in [0.4, 0.5) is 0 Å². The second-order valence-electron chi connectivity index (χ2n) is 4.40. The Morgan fingerprint density at radius 1 is 0.682 bits per heavy atom. The SMILES string of the molecule is OCCOCCOCc1cccc(COCCOCCO)n1. The lowest BCUT2D eigenvalue weighted by molar-refractivity contribution is 0.0243. The van der Waals surface area contributed by atoms with E-state index in [4.69, 9.17) is 29.2 Å². The Morgan fingerprint density at radius 3 is 1.59 bits per heavy atom. The quantitative estimate of drug-likeness (QED) is 0.472. The number of rotatable bonds is 14. The molecular formula is C15H25NO6. The normalized spacial score (nSPS) is 11.0. The van der Waals surface area contributed by atoms with Crippen molar-refractivity contribution in [2.45, 2.75) is 13.2 Å². The van der Waals surface area contributed by atoms with E-state index in [1.54, 1.807) is 0 Å². The molecule has 0 atom stereocenters. The van der Waals surface area contributed by atoms with Gasteiger partial charge in [0.1, 0.15) is 0 Å². The van der Waals surface area contributed by atoms with E-state index in [0.29, 0.717) is 52.9 Å². The average molecular weight is 315 g/mol. The van der Waals surface area contributed by atoms with Gasteiger partial charge >= 0.3 is 0 Å². The Labute approximate surface area is 130 Å². The van der Waals surface area contributed by atoms with Crippen LogP contribution in [0.2, 0.25) is 0 Å². The maximum atomic E-state index is 8.56. The summed E-state index contributed by atoms with van der Waals surface area (Å²) in [4.78, 5) is 4.43. The van der Waals surface area contributed by atoms with E-state index >= 15 is 0 Å². The van der Waals surface area contributed by atoms with E-state index in [2.05, 4.69) is 4.98 Å². The molecule has 0 radical (unpaired) electrons. The lowest BCUT2D eigenvalue weighted by Crippen LogP contribution is -2.09. The first kappa shape index (κ1) is 19.0. The molecule has 1 rings (SSSR count). The minimum atomic E-state index is 0.0225. The predicted octanol–water partition coefficient (Wildman–Crippen LogP) is 0.133. The first-order valence-corrected chi connectivity index (χ1v) is 7.34. The Kier molecular flexibility index (Phi) is 11.7. The van der Waals surface area contributed by atoms with Crippen LogP contribution < -0.4 is 0 Å². The van der Waals surface area contributed by atoms with Crippen molar-refractivity contribution >= 4 is 0 Å². The third kappa shape index (κ3) is 9.78. The lowest BCUT2D eigenvalue weighted by atomic mass is 10.3. The molecule has 0 aliphatic carbocycles. The highest BCUT2D eigenvalue weighted by Crippen LogP contribution is 2.03. The summed E-state index contributed by atoms with van der Waals surface area (Å²) in [7, 11) is 0. The van der Waals surface area contributed by atoms with E-state index < -0.39 is 0 Å². The Balaban J connectivity index is 2.13. The summed E-state index contributed by atoms with van der Waals surface area (Å²) >= 11 is 0. The minimum absolute atomic E-state index is 0.0225. The van der Waals surface area contributed by atoms with Crippen LogP contribution in [0, 0.1) is 0 Å². The Hall–Kier alpha value is -1.09. The molecule has 7 heteroatoms. The zero-order chi connectivity index (χ0) is 15.9. The fourth-order valence-corrected chi connectivity index (χ4v) is 1.61. The maximum Gasteiger partial charge on any atom is 0.0889 e. The highest BCUT2D eigenvalue weighted by molar-refractivity contribution is 5.09. The minimum Gasteiger partial charge on any atom is -0.394 e. The van der Waals surface area contributed by atoms with Crippen LogP contribution in [0.3, 0.4) is 0 Å². The largest absolute Gasteiger partial charge is 0.394 e. The van der Waals surface area contributed by atoms with Crippen LogP contribution in [0.5, 0.6) is 0 Å². The van der Waals surface area contributed by atoms with Crippen LogP contribution in [-0.4, -0.2) is 68.1 Å². The van der Waals surface area contributed by atoms with Crippen LogP contribution in [0.1, 0.15) is 11.4 Å². The number of hydrogen-bond acceptors (Lipinski definition) is 7. The number of ether oxygens (including phenoxy) is 4. The summed E-state index contributed by atoms with van der Waals surface area (Å²) in [6, 6.07) is 5.69. The zero-order valence-corrected chi connectivity index (χ0v) is 12.8. The fourth-order valence-electron chi connectivity index (χ4n) is 1.61. The molecule has 1 aromatic rings. The smallest absolute Gasteiger partial charge is 0.0889 e. The number of aliphatic hydroxyl groups is 2. The summed E-state index contributed by atoms with van der Waals surface area (Å²) in [5.74, 6) is 0. The second kappa shape index (κ2) is 13.6. The molecule has 22 heavy (non-hydrogen) atoms. The van der Waals surface area contributed by atoms with E-state index in [9.17, 15) is 0 Å². The molecule has 0 unspecified atom stereocenters. The van der Waals surface area contributed by atoms with Gasteiger partial charge in [-0.25, -0.2) is 0 Å². The Morgan fingerprint density at radius 2 is 1.14 bits per heavy atom. The van der Waals surface area contributed by atoms with Crippen LogP contribution in [0.25, 0.3) is 0 Å². The van der Waals surface area contributed by atoms with Crippen molar-refractivity contribution in [1.82, 2.24) is 4.98 Å². The second-order valence-corrected chi connectivity index (χ2v) is 4.40. The lowest BCUT2D eigenvalue weighted by Gasteiger charge is -2.07. The molecule has 0 aliphatic heterocycles. The molecule has 2 N–H and O–H groups in total. The number of nitrogens with zero attached hydrogens (tertiary/aromatic N) is 1. The van der Waals surface area contributed by atoms with Crippen molar-refractivity contribution in [3.63, 3.8) is 0 Å². The van der Waals surface area contributed by atoms with Crippen LogP contribution >= 0.6 is 0 Å². The van der Waals surface area contributed by atoms with Gasteiger partial charge in [0.15, 0.2) is 0 Å². The van der Waals surface area contributed by atoms with E-state index in [1.165, 1.54) is 0 Å². The molecule has 0 spiro atoms. The van der Waals surface area contributed by atoms with Crippen molar-refractivity contribution in [2.24, 2.45) is 0 Å². The molecular weight excluding hydrogens is 290 g/mol. The molecule has 0 aromatic carbocycles. The molecule has 0 aliphatic rings. The van der Waals surface area contributed by atoms with Gasteiger partial charge in [-0.05, 0) is 12.1 Å². The maximum absolute atomic E-state index is 8.56. The third-order valence-corrected chi connectivity index (χ3v) is 2.58. The molecule has 1 aromatic heterocycles. The van der Waals surface area contributed by atoms with Crippen molar-refractivity contribution in [2.75, 3.05) is 52.9 Å². The van der Waals surface area contributed by atoms with Gasteiger partial charge in [0.2, 0.25) is 0 Å². The monoisotopic (exact) mass is 315 g/mol. The fraction of sp³-hybridized carbons (Fsp3) is 0.667. The highest BCUT2D eigenvalue weighted by atomic mass is 16.5. The first-order chi connectivity index (χ1) is 10.9. The van der Waals surface area contributed by atoms with Gasteiger partial charge < -0.3 is 29.2 Å². The van der Waals surface area contributed by atoms with Crippen molar-refractivity contribution in [1.29, 1.82) is 0 Å². The highest BCUT2D eigenvalue weighted by Gasteiger charge is 1.99. The molecule has 0 fully saturated rings. The first-order valence-electron chi connectivity index (χ1n) is 7.34. The number of pyridine rings is 1. The average Bonchev–Trinajstić information content (AvgIpc) is 2.54. The van der Waals surface area contributed by atoms with E-state index in [1.807, 2.05) is 18.2 Å². The van der Waals surface area contributed by atoms with Gasteiger partial charge in [-0.15, -0.1) is 0 Å². The molecule has 0 saturated heterocycles. The molecule has 1 heterocycles. The van der Waals surface area contributed by atoms with Gasteiger partial charge in [0.25, 0.3) is 0 Å². The van der Waals surface area contributed by atoms with Gasteiger partial charge in [0, 0.05) is 0 Å².